The molecule has 0 aliphatic carbocycles. The number of benzene rings is 1. The second kappa shape index (κ2) is 9.17. The van der Waals surface area contributed by atoms with E-state index in [1.807, 2.05) is 0 Å². The summed E-state index contributed by atoms with van der Waals surface area (Å²) in [4.78, 5) is 0. The Hall–Kier alpha value is -1.05. The van der Waals surface area contributed by atoms with Crippen molar-refractivity contribution in [3.05, 3.63) is 64.4 Å². The minimum Gasteiger partial charge on any atom is -0.122 e. The number of hydrogen-bond donors (Lipinski definition) is 0. The van der Waals surface area contributed by atoms with Crippen molar-refractivity contribution < 1.29 is 0 Å². The van der Waals surface area contributed by atoms with Crippen LogP contribution < -0.4 is 0 Å². The summed E-state index contributed by atoms with van der Waals surface area (Å²) in [5.41, 5.74) is 4.05. The van der Waals surface area contributed by atoms with E-state index in [4.69, 9.17) is 11.6 Å². The molecule has 0 heterocycles. The van der Waals surface area contributed by atoms with E-state index in [0.717, 1.165) is 12.8 Å². The molecule has 0 spiro atoms. The van der Waals surface area contributed by atoms with Gasteiger partial charge in [-0.05, 0) is 32.3 Å². The van der Waals surface area contributed by atoms with Crippen LogP contribution in [0.25, 0.3) is 6.08 Å². The Morgan fingerprint density at radius 1 is 1.09 bits per heavy atom. The molecule has 0 amide bonds. The molecule has 1 aromatic carbocycles. The van der Waals surface area contributed by atoms with Crippen molar-refractivity contribution in [2.45, 2.75) is 46.3 Å². The summed E-state index contributed by atoms with van der Waals surface area (Å²) in [6, 6.07) is 10.5. The Morgan fingerprint density at radius 2 is 1.73 bits per heavy atom. The molecule has 1 rings (SSSR count). The second-order valence-electron chi connectivity index (χ2n) is 6.95. The van der Waals surface area contributed by atoms with E-state index in [1.165, 1.54) is 21.9 Å². The van der Waals surface area contributed by atoms with Crippen LogP contribution in [0.1, 0.15) is 32.3 Å². The van der Waals surface area contributed by atoms with Gasteiger partial charge in [-0.1, -0.05) is 84.5 Å². The van der Waals surface area contributed by atoms with E-state index < -0.39 is 8.07 Å². The fourth-order valence-electron chi connectivity index (χ4n) is 2.38. The second-order valence-corrected chi connectivity index (χ2v) is 12.3. The van der Waals surface area contributed by atoms with Crippen molar-refractivity contribution in [1.29, 1.82) is 0 Å². The lowest BCUT2D eigenvalue weighted by molar-refractivity contribution is 0.986. The minimum absolute atomic E-state index is 0.652. The average molecular weight is 333 g/mol. The van der Waals surface area contributed by atoms with E-state index in [0.29, 0.717) is 5.88 Å². The quantitative estimate of drug-likeness (QED) is 0.221. The standard InChI is InChI=1S/C20H29ClSi/c1-17(2)10-9-13-19(20(16-21)22(3,4)5)15-14-18-11-7-6-8-12-18/h6-8,10-12,14-15H,9,13,16H2,1-5H3/b15-14+,20-19-. The van der Waals surface area contributed by atoms with Gasteiger partial charge >= 0.3 is 0 Å². The smallest absolute Gasteiger partial charge is 0.0743 e. The van der Waals surface area contributed by atoms with E-state index in [2.05, 4.69) is 82.0 Å². The van der Waals surface area contributed by atoms with Crippen molar-refractivity contribution in [2.75, 3.05) is 5.88 Å². The molecular weight excluding hydrogens is 304 g/mol. The van der Waals surface area contributed by atoms with Gasteiger partial charge in [-0.25, -0.2) is 0 Å². The first kappa shape index (κ1) is 19.0. The molecule has 0 radical (unpaired) electrons. The predicted molar refractivity (Wildman–Crippen MR) is 105 cm³/mol. The van der Waals surface area contributed by atoms with Gasteiger partial charge in [-0.2, -0.15) is 0 Å². The van der Waals surface area contributed by atoms with Crippen LogP contribution >= 0.6 is 11.6 Å². The lowest BCUT2D eigenvalue weighted by Gasteiger charge is -2.22. The lowest BCUT2D eigenvalue weighted by atomic mass is 10.1. The fraction of sp³-hybridized carbons (Fsp3) is 0.400. The van der Waals surface area contributed by atoms with Gasteiger partial charge in [0.2, 0.25) is 0 Å². The molecule has 0 aliphatic rings. The number of hydrogen-bond acceptors (Lipinski definition) is 0. The molecule has 0 aromatic heterocycles. The van der Waals surface area contributed by atoms with Crippen molar-refractivity contribution in [3.8, 4) is 0 Å². The number of alkyl halides is 1. The van der Waals surface area contributed by atoms with E-state index >= 15 is 0 Å². The summed E-state index contributed by atoms with van der Waals surface area (Å²) in [6.45, 7) is 11.4. The van der Waals surface area contributed by atoms with E-state index in [1.54, 1.807) is 0 Å². The van der Waals surface area contributed by atoms with Crippen molar-refractivity contribution in [2.24, 2.45) is 0 Å². The number of rotatable bonds is 7. The van der Waals surface area contributed by atoms with Gasteiger partial charge in [0.05, 0.1) is 8.07 Å². The third-order valence-corrected chi connectivity index (χ3v) is 6.47. The maximum Gasteiger partial charge on any atom is 0.0743 e. The van der Waals surface area contributed by atoms with Crippen LogP contribution in [0, 0.1) is 0 Å². The van der Waals surface area contributed by atoms with Crippen molar-refractivity contribution in [1.82, 2.24) is 0 Å². The Morgan fingerprint density at radius 3 is 2.23 bits per heavy atom. The molecule has 120 valence electrons. The molecular formula is C20H29ClSi. The topological polar surface area (TPSA) is 0 Å². The van der Waals surface area contributed by atoms with Gasteiger partial charge in [0.1, 0.15) is 0 Å². The van der Waals surface area contributed by atoms with Crippen LogP contribution in [-0.4, -0.2) is 14.0 Å². The molecule has 0 aliphatic heterocycles. The normalized spacial score (nSPS) is 13.2. The first-order valence-electron chi connectivity index (χ1n) is 7.99. The summed E-state index contributed by atoms with van der Waals surface area (Å²) in [5.74, 6) is 0.652. The Labute approximate surface area is 142 Å². The van der Waals surface area contributed by atoms with Crippen LogP contribution in [0.4, 0.5) is 0 Å². The molecule has 22 heavy (non-hydrogen) atoms. The molecule has 0 fully saturated rings. The molecule has 0 nitrogen and oxygen atoms in total. The maximum absolute atomic E-state index is 6.30. The highest BCUT2D eigenvalue weighted by atomic mass is 35.5. The highest BCUT2D eigenvalue weighted by Crippen LogP contribution is 2.25. The summed E-state index contributed by atoms with van der Waals surface area (Å²) >= 11 is 6.30. The van der Waals surface area contributed by atoms with Crippen molar-refractivity contribution in [3.63, 3.8) is 0 Å². The zero-order chi connectivity index (χ0) is 16.6. The van der Waals surface area contributed by atoms with Crippen LogP contribution in [0.5, 0.6) is 0 Å². The van der Waals surface area contributed by atoms with Gasteiger partial charge < -0.3 is 0 Å². The summed E-state index contributed by atoms with van der Waals surface area (Å²) < 4.78 is 0. The monoisotopic (exact) mass is 332 g/mol. The van der Waals surface area contributed by atoms with E-state index in [-0.39, 0.29) is 0 Å². The Bertz CT molecular complexity index is 541. The van der Waals surface area contributed by atoms with Gasteiger partial charge in [0.15, 0.2) is 0 Å². The molecule has 2 heteroatoms. The Balaban J connectivity index is 3.08. The highest BCUT2D eigenvalue weighted by Gasteiger charge is 2.21. The molecule has 0 N–H and O–H groups in total. The first-order chi connectivity index (χ1) is 10.3. The SMILES string of the molecule is CC(C)=CCCC(/C=C/c1ccccc1)=C(\CCl)[Si](C)(C)C. The molecule has 0 saturated carbocycles. The largest absolute Gasteiger partial charge is 0.122 e. The van der Waals surface area contributed by atoms with Crippen LogP contribution in [0.2, 0.25) is 19.6 Å². The van der Waals surface area contributed by atoms with Gasteiger partial charge in [-0.3, -0.25) is 0 Å². The van der Waals surface area contributed by atoms with Crippen LogP contribution in [0.15, 0.2) is 58.8 Å². The van der Waals surface area contributed by atoms with Gasteiger partial charge in [0, 0.05) is 5.88 Å². The molecule has 0 atom stereocenters. The molecule has 0 unspecified atom stereocenters. The highest BCUT2D eigenvalue weighted by molar-refractivity contribution is 6.84. The molecule has 1 aromatic rings. The zero-order valence-corrected chi connectivity index (χ0v) is 16.4. The number of allylic oxidation sites excluding steroid dienone is 5. The fourth-order valence-corrected chi connectivity index (χ4v) is 5.33. The van der Waals surface area contributed by atoms with Crippen LogP contribution in [0.3, 0.4) is 0 Å². The maximum atomic E-state index is 6.30. The van der Waals surface area contributed by atoms with Crippen molar-refractivity contribution >= 4 is 25.8 Å². The van der Waals surface area contributed by atoms with Gasteiger partial charge in [0.25, 0.3) is 0 Å². The summed E-state index contributed by atoms with van der Waals surface area (Å²) in [7, 11) is -1.39. The van der Waals surface area contributed by atoms with E-state index in [9.17, 15) is 0 Å². The lowest BCUT2D eigenvalue weighted by Crippen LogP contribution is -2.26. The average Bonchev–Trinajstić information content (AvgIpc) is 2.44. The zero-order valence-electron chi connectivity index (χ0n) is 14.6. The van der Waals surface area contributed by atoms with Crippen LogP contribution in [-0.2, 0) is 0 Å². The minimum atomic E-state index is -1.39. The third kappa shape index (κ3) is 6.80. The number of halogens is 1. The Kier molecular flexibility index (Phi) is 7.92. The summed E-state index contributed by atoms with van der Waals surface area (Å²) in [5, 5.41) is 1.48. The third-order valence-electron chi connectivity index (χ3n) is 3.67. The van der Waals surface area contributed by atoms with Gasteiger partial charge in [-0.15, -0.1) is 11.6 Å². The molecule has 0 bridgehead atoms. The predicted octanol–water partition coefficient (Wildman–Crippen LogP) is 6.86. The molecule has 0 saturated heterocycles. The first-order valence-corrected chi connectivity index (χ1v) is 12.0. The summed E-state index contributed by atoms with van der Waals surface area (Å²) in [6.07, 6.45) is 8.96.